The van der Waals surface area contributed by atoms with Crippen molar-refractivity contribution in [3.05, 3.63) is 82.9 Å². The van der Waals surface area contributed by atoms with Crippen molar-refractivity contribution in [1.29, 1.82) is 0 Å². The van der Waals surface area contributed by atoms with Crippen LogP contribution < -0.4 is 5.32 Å². The number of rotatable bonds is 7. The van der Waals surface area contributed by atoms with Crippen molar-refractivity contribution < 1.29 is 9.53 Å². The monoisotopic (exact) mass is 383 g/mol. The number of nitrogens with one attached hydrogen (secondary N) is 1. The topological polar surface area (TPSA) is 38.3 Å². The number of piperidine rings is 1. The molecule has 1 N–H and O–H groups in total. The number of benzene rings is 2. The highest BCUT2D eigenvalue weighted by atomic mass is 35.5. The Balaban J connectivity index is 1.97. The average molecular weight is 384 g/mol. The highest BCUT2D eigenvalue weighted by Gasteiger charge is 2.47. The van der Waals surface area contributed by atoms with E-state index in [-0.39, 0.29) is 11.8 Å². The van der Waals surface area contributed by atoms with Crippen molar-refractivity contribution in [3.8, 4) is 0 Å². The van der Waals surface area contributed by atoms with E-state index in [1.165, 1.54) is 0 Å². The second-order valence-corrected chi connectivity index (χ2v) is 7.32. The maximum Gasteiger partial charge on any atom is 0.226 e. The van der Waals surface area contributed by atoms with Gasteiger partial charge in [0.2, 0.25) is 5.91 Å². The SMILES string of the molecule is CCC=CCC1C(=O)NCCC1(OCc1ccccc1)c1ccc(Cl)cc1. The zero-order valence-corrected chi connectivity index (χ0v) is 16.4. The molecule has 0 radical (unpaired) electrons. The Bertz CT molecular complexity index is 773. The van der Waals surface area contributed by atoms with Crippen molar-refractivity contribution >= 4 is 17.5 Å². The summed E-state index contributed by atoms with van der Waals surface area (Å²) in [6.07, 6.45) is 6.53. The predicted octanol–water partition coefficient (Wildman–Crippen LogP) is 5.24. The van der Waals surface area contributed by atoms with E-state index in [4.69, 9.17) is 16.3 Å². The van der Waals surface area contributed by atoms with Crippen molar-refractivity contribution in [1.82, 2.24) is 5.32 Å². The minimum atomic E-state index is -0.666. The summed E-state index contributed by atoms with van der Waals surface area (Å²) >= 11 is 6.11. The average Bonchev–Trinajstić information content (AvgIpc) is 2.69. The van der Waals surface area contributed by atoms with Crippen molar-refractivity contribution in [2.75, 3.05) is 6.54 Å². The van der Waals surface area contributed by atoms with Gasteiger partial charge in [-0.05, 0) is 42.5 Å². The van der Waals surface area contributed by atoms with Gasteiger partial charge in [-0.25, -0.2) is 0 Å². The number of hydrogen-bond donors (Lipinski definition) is 1. The lowest BCUT2D eigenvalue weighted by atomic mass is 9.74. The van der Waals surface area contributed by atoms with Crippen LogP contribution in [0.5, 0.6) is 0 Å². The molecule has 0 aromatic heterocycles. The van der Waals surface area contributed by atoms with Gasteiger partial charge < -0.3 is 10.1 Å². The molecule has 0 spiro atoms. The Morgan fingerprint density at radius 2 is 1.89 bits per heavy atom. The lowest BCUT2D eigenvalue weighted by Gasteiger charge is -2.43. The quantitative estimate of drug-likeness (QED) is 0.663. The molecule has 1 fully saturated rings. The van der Waals surface area contributed by atoms with Crippen molar-refractivity contribution in [2.45, 2.75) is 38.4 Å². The van der Waals surface area contributed by atoms with Gasteiger partial charge in [0, 0.05) is 11.6 Å². The molecule has 3 rings (SSSR count). The standard InChI is InChI=1S/C23H26ClNO2/c1-2-3-5-10-21-22(26)25-16-15-23(21,19-11-13-20(24)14-12-19)27-17-18-8-6-4-7-9-18/h3-9,11-14,21H,2,10,15-17H2,1H3,(H,25,26). The fraction of sp³-hybridized carbons (Fsp3) is 0.348. The maximum atomic E-state index is 12.8. The van der Waals surface area contributed by atoms with E-state index in [1.807, 2.05) is 54.6 Å². The summed E-state index contributed by atoms with van der Waals surface area (Å²) in [6.45, 7) is 3.16. The largest absolute Gasteiger partial charge is 0.365 e. The van der Waals surface area contributed by atoms with E-state index in [1.54, 1.807) is 0 Å². The minimum Gasteiger partial charge on any atom is -0.365 e. The molecule has 1 aliphatic rings. The molecule has 2 aromatic rings. The first-order chi connectivity index (χ1) is 13.2. The van der Waals surface area contributed by atoms with Gasteiger partial charge in [-0.1, -0.05) is 73.1 Å². The van der Waals surface area contributed by atoms with Crippen LogP contribution in [-0.4, -0.2) is 12.5 Å². The van der Waals surface area contributed by atoms with E-state index in [2.05, 4.69) is 24.4 Å². The molecule has 2 unspecified atom stereocenters. The predicted molar refractivity (Wildman–Crippen MR) is 110 cm³/mol. The molecule has 1 saturated heterocycles. The van der Waals surface area contributed by atoms with Gasteiger partial charge in [0.25, 0.3) is 0 Å². The van der Waals surface area contributed by atoms with E-state index in [9.17, 15) is 4.79 Å². The summed E-state index contributed by atoms with van der Waals surface area (Å²) in [6, 6.07) is 17.8. The molecular formula is C23H26ClNO2. The summed E-state index contributed by atoms with van der Waals surface area (Å²) in [5.41, 5.74) is 1.44. The first-order valence-electron chi connectivity index (χ1n) is 9.52. The molecule has 0 bridgehead atoms. The Morgan fingerprint density at radius 1 is 1.15 bits per heavy atom. The third kappa shape index (κ3) is 4.60. The van der Waals surface area contributed by atoms with Crippen LogP contribution in [0.25, 0.3) is 0 Å². The molecule has 1 amide bonds. The van der Waals surface area contributed by atoms with Crippen molar-refractivity contribution in [3.63, 3.8) is 0 Å². The Labute approximate surface area is 166 Å². The van der Waals surface area contributed by atoms with E-state index in [0.717, 1.165) is 24.0 Å². The van der Waals surface area contributed by atoms with Gasteiger partial charge in [0.05, 0.1) is 12.5 Å². The molecule has 27 heavy (non-hydrogen) atoms. The molecule has 2 atom stereocenters. The van der Waals surface area contributed by atoms with Crippen LogP contribution in [0, 0.1) is 5.92 Å². The number of allylic oxidation sites excluding steroid dienone is 2. The molecule has 3 nitrogen and oxygen atoms in total. The van der Waals surface area contributed by atoms with Gasteiger partial charge in [0.15, 0.2) is 0 Å². The second kappa shape index (κ2) is 9.20. The van der Waals surface area contributed by atoms with E-state index in [0.29, 0.717) is 24.6 Å². The van der Waals surface area contributed by atoms with Gasteiger partial charge >= 0.3 is 0 Å². The molecule has 142 valence electrons. The Hall–Kier alpha value is -2.10. The normalized spacial score (nSPS) is 22.7. The summed E-state index contributed by atoms with van der Waals surface area (Å²) in [5.74, 6) is -0.232. The molecular weight excluding hydrogens is 358 g/mol. The zero-order valence-electron chi connectivity index (χ0n) is 15.7. The summed E-state index contributed by atoms with van der Waals surface area (Å²) in [4.78, 5) is 12.8. The number of ether oxygens (including phenoxy) is 1. The highest BCUT2D eigenvalue weighted by molar-refractivity contribution is 6.30. The smallest absolute Gasteiger partial charge is 0.226 e. The first kappa shape index (κ1) is 19.7. The zero-order chi connectivity index (χ0) is 19.1. The molecule has 0 aliphatic carbocycles. The third-order valence-corrected chi connectivity index (χ3v) is 5.37. The number of carbonyl (C=O) groups excluding carboxylic acids is 1. The number of amides is 1. The van der Waals surface area contributed by atoms with Crippen LogP contribution in [0.15, 0.2) is 66.7 Å². The van der Waals surface area contributed by atoms with Gasteiger partial charge in [0.1, 0.15) is 5.60 Å². The highest BCUT2D eigenvalue weighted by Crippen LogP contribution is 2.42. The summed E-state index contributed by atoms with van der Waals surface area (Å²) in [7, 11) is 0. The van der Waals surface area contributed by atoms with Crippen LogP contribution in [0.1, 0.15) is 37.3 Å². The lowest BCUT2D eigenvalue weighted by molar-refractivity contribution is -0.155. The second-order valence-electron chi connectivity index (χ2n) is 6.88. The number of hydrogen-bond acceptors (Lipinski definition) is 2. The van der Waals surface area contributed by atoms with Crippen molar-refractivity contribution in [2.24, 2.45) is 5.92 Å². The Kier molecular flexibility index (Phi) is 6.70. The van der Waals surface area contributed by atoms with Crippen LogP contribution in [0.3, 0.4) is 0 Å². The van der Waals surface area contributed by atoms with E-state index >= 15 is 0 Å². The van der Waals surface area contributed by atoms with Gasteiger partial charge in [-0.15, -0.1) is 0 Å². The molecule has 1 aliphatic heterocycles. The maximum absolute atomic E-state index is 12.8. The summed E-state index contributed by atoms with van der Waals surface area (Å²) in [5, 5.41) is 3.69. The Morgan fingerprint density at radius 3 is 2.59 bits per heavy atom. The minimum absolute atomic E-state index is 0.0463. The third-order valence-electron chi connectivity index (χ3n) is 5.12. The van der Waals surface area contributed by atoms with Gasteiger partial charge in [-0.3, -0.25) is 4.79 Å². The molecule has 1 heterocycles. The van der Waals surface area contributed by atoms with Crippen LogP contribution in [0.2, 0.25) is 5.02 Å². The van der Waals surface area contributed by atoms with Crippen LogP contribution in [-0.2, 0) is 21.7 Å². The first-order valence-corrected chi connectivity index (χ1v) is 9.90. The lowest BCUT2D eigenvalue weighted by Crippen LogP contribution is -2.53. The van der Waals surface area contributed by atoms with E-state index < -0.39 is 5.60 Å². The molecule has 0 saturated carbocycles. The fourth-order valence-electron chi connectivity index (χ4n) is 3.70. The number of halogens is 1. The molecule has 2 aromatic carbocycles. The van der Waals surface area contributed by atoms with Crippen LogP contribution >= 0.6 is 11.6 Å². The van der Waals surface area contributed by atoms with Crippen LogP contribution in [0.4, 0.5) is 0 Å². The number of carbonyl (C=O) groups is 1. The fourth-order valence-corrected chi connectivity index (χ4v) is 3.82. The molecule has 4 heteroatoms. The van der Waals surface area contributed by atoms with Gasteiger partial charge in [-0.2, -0.15) is 0 Å². The summed E-state index contributed by atoms with van der Waals surface area (Å²) < 4.78 is 6.56.